The molecular formula is C16H22BrN3O3. The maximum absolute atomic E-state index is 12.7. The van der Waals surface area contributed by atoms with E-state index in [-0.39, 0.29) is 28.3 Å². The minimum atomic E-state index is -0.454. The van der Waals surface area contributed by atoms with E-state index in [1.807, 2.05) is 0 Å². The Bertz CT molecular complexity index is 595. The van der Waals surface area contributed by atoms with Gasteiger partial charge in [0.2, 0.25) is 23.4 Å². The average molecular weight is 384 g/mol. The number of amides is 1. The summed E-state index contributed by atoms with van der Waals surface area (Å²) in [5.41, 5.74) is -0.120. The van der Waals surface area contributed by atoms with Crippen molar-refractivity contribution < 1.29 is 14.1 Å². The van der Waals surface area contributed by atoms with Crippen LogP contribution in [0, 0.1) is 0 Å². The van der Waals surface area contributed by atoms with E-state index >= 15 is 0 Å². The van der Waals surface area contributed by atoms with Crippen LogP contribution in [-0.2, 0) is 10.2 Å². The van der Waals surface area contributed by atoms with Gasteiger partial charge in [-0.05, 0) is 25.7 Å². The van der Waals surface area contributed by atoms with Gasteiger partial charge in [0, 0.05) is 12.0 Å². The van der Waals surface area contributed by atoms with E-state index < -0.39 is 6.04 Å². The molecule has 0 radical (unpaired) electrons. The zero-order valence-corrected chi connectivity index (χ0v) is 15.0. The Labute approximate surface area is 144 Å². The lowest BCUT2D eigenvalue weighted by atomic mass is 9.75. The average Bonchev–Trinajstić information content (AvgIpc) is 3.23. The fraction of sp³-hybridized carbons (Fsp3) is 0.750. The summed E-state index contributed by atoms with van der Waals surface area (Å²) < 4.78 is 5.42. The lowest BCUT2D eigenvalue weighted by molar-refractivity contribution is -0.128. The molecule has 3 rings (SSSR count). The number of ketones is 1. The van der Waals surface area contributed by atoms with Crippen molar-refractivity contribution in [1.82, 2.24) is 15.0 Å². The van der Waals surface area contributed by atoms with Gasteiger partial charge >= 0.3 is 0 Å². The molecule has 2 aliphatic rings. The number of nitrogens with zero attached hydrogens (tertiary/aromatic N) is 3. The summed E-state index contributed by atoms with van der Waals surface area (Å²) >= 11 is 3.17. The highest BCUT2D eigenvalue weighted by Gasteiger charge is 2.39. The number of carbonyl (C=O) groups excluding carboxylic acids is 2. The quantitative estimate of drug-likeness (QED) is 0.589. The van der Waals surface area contributed by atoms with Gasteiger partial charge in [-0.15, -0.1) is 0 Å². The van der Waals surface area contributed by atoms with Crippen LogP contribution < -0.4 is 0 Å². The minimum Gasteiger partial charge on any atom is -0.338 e. The molecular weight excluding hydrogens is 362 g/mol. The largest absolute Gasteiger partial charge is 0.338 e. The molecule has 0 spiro atoms. The molecule has 1 aromatic heterocycles. The van der Waals surface area contributed by atoms with Gasteiger partial charge in [-0.2, -0.15) is 4.98 Å². The van der Waals surface area contributed by atoms with Gasteiger partial charge in [-0.1, -0.05) is 47.3 Å². The van der Waals surface area contributed by atoms with Crippen molar-refractivity contribution in [3.63, 3.8) is 0 Å². The van der Waals surface area contributed by atoms with E-state index in [9.17, 15) is 9.59 Å². The molecule has 1 aliphatic heterocycles. The molecule has 1 atom stereocenters. The molecule has 23 heavy (non-hydrogen) atoms. The SMILES string of the molecule is CC1(c2nc(C(=O)[C@@H]3CCCN3C(=O)CBr)no2)CCCCC1. The fourth-order valence-corrected chi connectivity index (χ4v) is 4.00. The Kier molecular flexibility index (Phi) is 4.85. The zero-order valence-electron chi connectivity index (χ0n) is 13.4. The lowest BCUT2D eigenvalue weighted by Crippen LogP contribution is -2.41. The fourth-order valence-electron chi connectivity index (χ4n) is 3.68. The molecule has 0 bridgehead atoms. The predicted molar refractivity (Wildman–Crippen MR) is 87.6 cm³/mol. The Morgan fingerprint density at radius 3 is 2.74 bits per heavy atom. The Hall–Kier alpha value is -1.24. The van der Waals surface area contributed by atoms with Gasteiger partial charge in [0.25, 0.3) is 0 Å². The first kappa shape index (κ1) is 16.6. The summed E-state index contributed by atoms with van der Waals surface area (Å²) in [5.74, 6) is 0.415. The summed E-state index contributed by atoms with van der Waals surface area (Å²) in [5, 5.41) is 4.14. The molecule has 7 heteroatoms. The molecule has 1 amide bonds. The van der Waals surface area contributed by atoms with Crippen LogP contribution in [0.15, 0.2) is 4.52 Å². The number of halogens is 1. The molecule has 126 valence electrons. The summed E-state index contributed by atoms with van der Waals surface area (Å²) in [6, 6.07) is -0.454. The van der Waals surface area contributed by atoms with Crippen molar-refractivity contribution in [3.8, 4) is 0 Å². The third-order valence-corrected chi connectivity index (χ3v) is 5.59. The third-order valence-electron chi connectivity index (χ3n) is 5.11. The van der Waals surface area contributed by atoms with Crippen molar-refractivity contribution in [1.29, 1.82) is 0 Å². The molecule has 1 aliphatic carbocycles. The predicted octanol–water partition coefficient (Wildman–Crippen LogP) is 2.86. The van der Waals surface area contributed by atoms with E-state index in [4.69, 9.17) is 4.52 Å². The second kappa shape index (κ2) is 6.71. The highest BCUT2D eigenvalue weighted by Crippen LogP contribution is 2.38. The molecule has 0 N–H and O–H groups in total. The Morgan fingerprint density at radius 1 is 1.30 bits per heavy atom. The summed E-state index contributed by atoms with van der Waals surface area (Å²) in [7, 11) is 0. The van der Waals surface area contributed by atoms with E-state index in [2.05, 4.69) is 33.0 Å². The normalized spacial score (nSPS) is 23.9. The number of Topliss-reactive ketones (excluding diaryl/α,β-unsaturated/α-hetero) is 1. The van der Waals surface area contributed by atoms with Crippen molar-refractivity contribution in [3.05, 3.63) is 11.7 Å². The highest BCUT2D eigenvalue weighted by atomic mass is 79.9. The summed E-state index contributed by atoms with van der Waals surface area (Å²) in [6.45, 7) is 2.74. The van der Waals surface area contributed by atoms with Gasteiger partial charge in [-0.25, -0.2) is 0 Å². The first-order valence-electron chi connectivity index (χ1n) is 8.29. The maximum atomic E-state index is 12.7. The number of rotatable bonds is 4. The molecule has 0 unspecified atom stereocenters. The smallest absolute Gasteiger partial charge is 0.240 e. The number of likely N-dealkylation sites (tertiary alicyclic amines) is 1. The Morgan fingerprint density at radius 2 is 2.04 bits per heavy atom. The first-order valence-corrected chi connectivity index (χ1v) is 9.41. The van der Waals surface area contributed by atoms with Crippen LogP contribution in [0.1, 0.15) is 68.4 Å². The number of hydrogen-bond donors (Lipinski definition) is 0. The third kappa shape index (κ3) is 3.20. The van der Waals surface area contributed by atoms with Crippen LogP contribution in [0.5, 0.6) is 0 Å². The van der Waals surface area contributed by atoms with Crippen molar-refractivity contribution >= 4 is 27.6 Å². The number of hydrogen-bond acceptors (Lipinski definition) is 5. The number of carbonyl (C=O) groups is 2. The van der Waals surface area contributed by atoms with E-state index in [1.54, 1.807) is 4.90 Å². The van der Waals surface area contributed by atoms with Crippen LogP contribution >= 0.6 is 15.9 Å². The molecule has 2 heterocycles. The minimum absolute atomic E-state index is 0.0659. The van der Waals surface area contributed by atoms with Gasteiger partial charge in [-0.3, -0.25) is 9.59 Å². The van der Waals surface area contributed by atoms with Gasteiger partial charge in [0.05, 0.1) is 11.4 Å². The number of alkyl halides is 1. The first-order chi connectivity index (χ1) is 11.0. The van der Waals surface area contributed by atoms with E-state index in [0.29, 0.717) is 18.9 Å². The molecule has 1 saturated heterocycles. The standard InChI is InChI=1S/C16H22BrN3O3/c1-16(7-3-2-4-8-16)15-18-14(19-23-15)13(22)11-6-5-9-20(11)12(21)10-17/h11H,2-10H2,1H3/t11-/m0/s1. The van der Waals surface area contributed by atoms with Crippen LogP contribution in [0.25, 0.3) is 0 Å². The second-order valence-corrected chi connectivity index (χ2v) is 7.35. The van der Waals surface area contributed by atoms with Crippen LogP contribution in [-0.4, -0.2) is 44.6 Å². The van der Waals surface area contributed by atoms with Crippen LogP contribution in [0.4, 0.5) is 0 Å². The van der Waals surface area contributed by atoms with Gasteiger partial charge in [0.1, 0.15) is 0 Å². The van der Waals surface area contributed by atoms with E-state index in [0.717, 1.165) is 32.1 Å². The van der Waals surface area contributed by atoms with Crippen molar-refractivity contribution in [2.45, 2.75) is 63.3 Å². The summed E-state index contributed by atoms with van der Waals surface area (Å²) in [4.78, 5) is 30.6. The van der Waals surface area contributed by atoms with Crippen LogP contribution in [0.3, 0.4) is 0 Å². The zero-order chi connectivity index (χ0) is 16.4. The molecule has 1 aromatic rings. The Balaban J connectivity index is 1.77. The van der Waals surface area contributed by atoms with E-state index in [1.165, 1.54) is 6.42 Å². The highest BCUT2D eigenvalue weighted by molar-refractivity contribution is 9.09. The van der Waals surface area contributed by atoms with Crippen molar-refractivity contribution in [2.75, 3.05) is 11.9 Å². The molecule has 2 fully saturated rings. The molecule has 1 saturated carbocycles. The lowest BCUT2D eigenvalue weighted by Gasteiger charge is -2.29. The topological polar surface area (TPSA) is 76.3 Å². The van der Waals surface area contributed by atoms with Crippen LogP contribution in [0.2, 0.25) is 0 Å². The van der Waals surface area contributed by atoms with Gasteiger partial charge in [0.15, 0.2) is 0 Å². The monoisotopic (exact) mass is 383 g/mol. The second-order valence-electron chi connectivity index (χ2n) is 6.79. The molecule has 6 nitrogen and oxygen atoms in total. The molecule has 0 aromatic carbocycles. The maximum Gasteiger partial charge on any atom is 0.240 e. The summed E-state index contributed by atoms with van der Waals surface area (Å²) in [6.07, 6.45) is 7.06. The van der Waals surface area contributed by atoms with Crippen molar-refractivity contribution in [2.24, 2.45) is 0 Å². The van der Waals surface area contributed by atoms with Gasteiger partial charge < -0.3 is 9.42 Å². The number of aromatic nitrogens is 2.